The SMILES string of the molecule is Cc1cc(NS(=O)(=O)c2cc(N)cc(F)c2)n(C)n1. The molecule has 2 aromatic rings. The lowest BCUT2D eigenvalue weighted by molar-refractivity contribution is 0.594. The lowest BCUT2D eigenvalue weighted by atomic mass is 10.3. The summed E-state index contributed by atoms with van der Waals surface area (Å²) in [5.74, 6) is -0.415. The molecular weight excluding hydrogens is 271 g/mol. The van der Waals surface area contributed by atoms with Gasteiger partial charge in [-0.1, -0.05) is 0 Å². The normalized spacial score (nSPS) is 11.5. The number of hydrogen-bond acceptors (Lipinski definition) is 4. The second-order valence-corrected chi connectivity index (χ2v) is 5.80. The lowest BCUT2D eigenvalue weighted by Gasteiger charge is -2.08. The van der Waals surface area contributed by atoms with E-state index in [2.05, 4.69) is 9.82 Å². The van der Waals surface area contributed by atoms with E-state index in [4.69, 9.17) is 5.73 Å². The number of hydrogen-bond donors (Lipinski definition) is 2. The van der Waals surface area contributed by atoms with Gasteiger partial charge in [0.05, 0.1) is 10.6 Å². The van der Waals surface area contributed by atoms with E-state index in [1.165, 1.54) is 10.7 Å². The van der Waals surface area contributed by atoms with Crippen molar-refractivity contribution >= 4 is 21.5 Å². The summed E-state index contributed by atoms with van der Waals surface area (Å²) in [4.78, 5) is -0.233. The van der Waals surface area contributed by atoms with Gasteiger partial charge >= 0.3 is 0 Å². The zero-order valence-electron chi connectivity index (χ0n) is 10.4. The predicted octanol–water partition coefficient (Wildman–Crippen LogP) is 1.25. The molecule has 0 aliphatic rings. The number of aromatic nitrogens is 2. The van der Waals surface area contributed by atoms with Gasteiger partial charge in [0, 0.05) is 18.8 Å². The highest BCUT2D eigenvalue weighted by molar-refractivity contribution is 7.92. The van der Waals surface area contributed by atoms with Crippen molar-refractivity contribution in [3.8, 4) is 0 Å². The molecule has 0 fully saturated rings. The number of rotatable bonds is 3. The molecule has 6 nitrogen and oxygen atoms in total. The molecule has 0 radical (unpaired) electrons. The smallest absolute Gasteiger partial charge is 0.263 e. The van der Waals surface area contributed by atoms with Crippen LogP contribution in [0.5, 0.6) is 0 Å². The molecule has 3 N–H and O–H groups in total. The molecule has 0 saturated heterocycles. The highest BCUT2D eigenvalue weighted by Gasteiger charge is 2.17. The van der Waals surface area contributed by atoms with E-state index in [-0.39, 0.29) is 10.6 Å². The number of nitrogens with one attached hydrogen (secondary N) is 1. The standard InChI is InChI=1S/C11H13FN4O2S/c1-7-3-11(16(2)14-7)15-19(17,18)10-5-8(12)4-9(13)6-10/h3-6,15H,13H2,1-2H3. The van der Waals surface area contributed by atoms with Crippen molar-refractivity contribution in [1.82, 2.24) is 9.78 Å². The van der Waals surface area contributed by atoms with Crippen LogP contribution in [0, 0.1) is 12.7 Å². The molecule has 2 rings (SSSR count). The lowest BCUT2D eigenvalue weighted by Crippen LogP contribution is -2.15. The van der Waals surface area contributed by atoms with Crippen LogP contribution in [-0.2, 0) is 17.1 Å². The molecule has 0 atom stereocenters. The zero-order valence-corrected chi connectivity index (χ0v) is 11.2. The number of nitrogens with two attached hydrogens (primary N) is 1. The number of benzene rings is 1. The summed E-state index contributed by atoms with van der Waals surface area (Å²) in [5, 5.41) is 4.01. The van der Waals surface area contributed by atoms with E-state index < -0.39 is 15.8 Å². The Bertz CT molecular complexity index is 704. The highest BCUT2D eigenvalue weighted by Crippen LogP contribution is 2.19. The van der Waals surface area contributed by atoms with Crippen LogP contribution in [0.25, 0.3) is 0 Å². The second-order valence-electron chi connectivity index (χ2n) is 4.12. The van der Waals surface area contributed by atoms with Crippen molar-refractivity contribution < 1.29 is 12.8 Å². The molecule has 102 valence electrons. The third-order valence-electron chi connectivity index (χ3n) is 2.44. The topological polar surface area (TPSA) is 90.0 Å². The van der Waals surface area contributed by atoms with Crippen LogP contribution in [0.15, 0.2) is 29.2 Å². The first-order valence-corrected chi connectivity index (χ1v) is 6.86. The van der Waals surface area contributed by atoms with Crippen LogP contribution in [-0.4, -0.2) is 18.2 Å². The number of nitrogens with zero attached hydrogens (tertiary/aromatic N) is 2. The summed E-state index contributed by atoms with van der Waals surface area (Å²) in [7, 11) is -2.30. The van der Waals surface area contributed by atoms with Gasteiger partial charge < -0.3 is 5.73 Å². The number of nitrogen functional groups attached to an aromatic ring is 1. The first-order valence-electron chi connectivity index (χ1n) is 5.37. The highest BCUT2D eigenvalue weighted by atomic mass is 32.2. The third-order valence-corrected chi connectivity index (χ3v) is 3.78. The Morgan fingerprint density at radius 3 is 2.53 bits per heavy atom. The van der Waals surface area contributed by atoms with Crippen molar-refractivity contribution in [3.05, 3.63) is 35.8 Å². The molecule has 0 bridgehead atoms. The molecule has 0 amide bonds. The fraction of sp³-hybridized carbons (Fsp3) is 0.182. The summed E-state index contributed by atoms with van der Waals surface area (Å²) in [6, 6.07) is 4.71. The van der Waals surface area contributed by atoms with E-state index in [0.29, 0.717) is 11.5 Å². The van der Waals surface area contributed by atoms with Crippen LogP contribution in [0.4, 0.5) is 15.9 Å². The van der Waals surface area contributed by atoms with Gasteiger partial charge in [0.25, 0.3) is 10.0 Å². The van der Waals surface area contributed by atoms with E-state index in [1.54, 1.807) is 20.0 Å². The number of halogens is 1. The molecule has 1 aromatic carbocycles. The molecule has 1 aromatic heterocycles. The minimum Gasteiger partial charge on any atom is -0.399 e. The fourth-order valence-corrected chi connectivity index (χ4v) is 2.79. The first-order chi connectivity index (χ1) is 8.78. The maximum Gasteiger partial charge on any atom is 0.263 e. The minimum atomic E-state index is -3.90. The van der Waals surface area contributed by atoms with Gasteiger partial charge in [0.15, 0.2) is 0 Å². The summed E-state index contributed by atoms with van der Waals surface area (Å²) in [6.07, 6.45) is 0. The first kappa shape index (κ1) is 13.3. The maximum absolute atomic E-state index is 13.2. The quantitative estimate of drug-likeness (QED) is 0.830. The largest absolute Gasteiger partial charge is 0.399 e. The van der Waals surface area contributed by atoms with Crippen LogP contribution in [0.3, 0.4) is 0 Å². The van der Waals surface area contributed by atoms with Gasteiger partial charge in [-0.25, -0.2) is 12.8 Å². The number of anilines is 2. The van der Waals surface area contributed by atoms with Gasteiger partial charge in [0.2, 0.25) is 0 Å². The van der Waals surface area contributed by atoms with Crippen LogP contribution in [0.2, 0.25) is 0 Å². The van der Waals surface area contributed by atoms with E-state index in [1.807, 2.05) is 0 Å². The van der Waals surface area contributed by atoms with Gasteiger partial charge in [-0.2, -0.15) is 5.10 Å². The van der Waals surface area contributed by atoms with Crippen molar-refractivity contribution in [2.45, 2.75) is 11.8 Å². The van der Waals surface area contributed by atoms with Crippen molar-refractivity contribution in [3.63, 3.8) is 0 Å². The molecular formula is C11H13FN4O2S. The average molecular weight is 284 g/mol. The summed E-state index contributed by atoms with van der Waals surface area (Å²) in [6.45, 7) is 1.73. The summed E-state index contributed by atoms with van der Waals surface area (Å²) in [5.41, 5.74) is 6.14. The Morgan fingerprint density at radius 1 is 1.32 bits per heavy atom. The van der Waals surface area contributed by atoms with Gasteiger partial charge in [-0.05, 0) is 25.1 Å². The second kappa shape index (κ2) is 4.54. The molecule has 19 heavy (non-hydrogen) atoms. The van der Waals surface area contributed by atoms with Crippen LogP contribution in [0.1, 0.15) is 5.69 Å². The molecule has 0 unspecified atom stereocenters. The maximum atomic E-state index is 13.2. The zero-order chi connectivity index (χ0) is 14.2. The molecule has 1 heterocycles. The van der Waals surface area contributed by atoms with Crippen molar-refractivity contribution in [2.75, 3.05) is 10.5 Å². The molecule has 0 spiro atoms. The number of aryl methyl sites for hydroxylation is 2. The van der Waals surface area contributed by atoms with E-state index in [9.17, 15) is 12.8 Å². The van der Waals surface area contributed by atoms with E-state index in [0.717, 1.165) is 12.1 Å². The van der Waals surface area contributed by atoms with Crippen LogP contribution >= 0.6 is 0 Å². The Morgan fingerprint density at radius 2 is 2.00 bits per heavy atom. The van der Waals surface area contributed by atoms with Gasteiger partial charge in [0.1, 0.15) is 11.6 Å². The molecule has 0 aliphatic heterocycles. The van der Waals surface area contributed by atoms with Crippen molar-refractivity contribution in [2.24, 2.45) is 7.05 Å². The Hall–Kier alpha value is -2.09. The predicted molar refractivity (Wildman–Crippen MR) is 69.6 cm³/mol. The Balaban J connectivity index is 2.40. The third kappa shape index (κ3) is 2.84. The Labute approximate surface area is 110 Å². The van der Waals surface area contributed by atoms with Crippen LogP contribution < -0.4 is 10.5 Å². The summed E-state index contributed by atoms with van der Waals surface area (Å²) < 4.78 is 41.1. The molecule has 0 aliphatic carbocycles. The minimum absolute atomic E-state index is 0.0431. The Kier molecular flexibility index (Phi) is 3.19. The monoisotopic (exact) mass is 284 g/mol. The van der Waals surface area contributed by atoms with Crippen molar-refractivity contribution in [1.29, 1.82) is 0 Å². The number of sulfonamides is 1. The van der Waals surface area contributed by atoms with Gasteiger partial charge in [-0.3, -0.25) is 9.40 Å². The molecule has 8 heteroatoms. The van der Waals surface area contributed by atoms with Gasteiger partial charge in [-0.15, -0.1) is 0 Å². The van der Waals surface area contributed by atoms with E-state index >= 15 is 0 Å². The summed E-state index contributed by atoms with van der Waals surface area (Å²) >= 11 is 0. The fourth-order valence-electron chi connectivity index (χ4n) is 1.64. The molecule has 0 saturated carbocycles. The average Bonchev–Trinajstić information content (AvgIpc) is 2.55.